The topological polar surface area (TPSA) is 20.2 Å². The van der Waals surface area contributed by atoms with Crippen LogP contribution < -0.4 is 0 Å². The third-order valence-corrected chi connectivity index (χ3v) is 1.91. The highest BCUT2D eigenvalue weighted by molar-refractivity contribution is 4.67. The SMILES string of the molecule is C[C@@H]1CCCC(O)C1. The molecule has 1 saturated carbocycles. The first-order valence-electron chi connectivity index (χ1n) is 3.47. The summed E-state index contributed by atoms with van der Waals surface area (Å²) in [5, 5.41) is 9.08. The van der Waals surface area contributed by atoms with Gasteiger partial charge in [0.2, 0.25) is 0 Å². The maximum Gasteiger partial charge on any atom is 0.0542 e. The van der Waals surface area contributed by atoms with E-state index in [-0.39, 0.29) is 6.10 Å². The molecule has 0 bridgehead atoms. The van der Waals surface area contributed by atoms with Crippen LogP contribution in [0.3, 0.4) is 0 Å². The lowest BCUT2D eigenvalue weighted by Crippen LogP contribution is -2.16. The number of hydrogen-bond acceptors (Lipinski definition) is 1. The lowest BCUT2D eigenvalue weighted by atomic mass is 9.89. The zero-order valence-corrected chi connectivity index (χ0v) is 5.43. The highest BCUT2D eigenvalue weighted by atomic mass is 16.3. The van der Waals surface area contributed by atoms with E-state index in [2.05, 4.69) is 6.92 Å². The normalized spacial score (nSPS) is 39.8. The van der Waals surface area contributed by atoms with Crippen LogP contribution in [-0.4, -0.2) is 11.2 Å². The summed E-state index contributed by atoms with van der Waals surface area (Å²) in [5.74, 6) is 0.763. The standard InChI is InChI=1S/C7H14O/c1-6-3-2-4-7(8)5-6/h6-8H,2-5H2,1H3/t6-,7?/m1/s1. The molecule has 0 amide bonds. The maximum absolute atomic E-state index is 9.08. The molecule has 48 valence electrons. The molecule has 0 aliphatic heterocycles. The summed E-state index contributed by atoms with van der Waals surface area (Å²) in [6, 6.07) is 0. The van der Waals surface area contributed by atoms with E-state index in [0.29, 0.717) is 0 Å². The Balaban J connectivity index is 2.23. The third-order valence-electron chi connectivity index (χ3n) is 1.91. The fourth-order valence-corrected chi connectivity index (χ4v) is 1.40. The first-order valence-corrected chi connectivity index (χ1v) is 3.47. The molecule has 1 N–H and O–H groups in total. The molecule has 1 aliphatic carbocycles. The first kappa shape index (κ1) is 6.09. The van der Waals surface area contributed by atoms with Crippen molar-refractivity contribution in [3.05, 3.63) is 0 Å². The summed E-state index contributed by atoms with van der Waals surface area (Å²) >= 11 is 0. The van der Waals surface area contributed by atoms with Gasteiger partial charge in [-0.15, -0.1) is 0 Å². The lowest BCUT2D eigenvalue weighted by Gasteiger charge is -2.21. The largest absolute Gasteiger partial charge is 0.393 e. The highest BCUT2D eigenvalue weighted by Crippen LogP contribution is 2.22. The number of hydrogen-bond donors (Lipinski definition) is 1. The van der Waals surface area contributed by atoms with Crippen molar-refractivity contribution in [3.63, 3.8) is 0 Å². The van der Waals surface area contributed by atoms with Gasteiger partial charge in [0.25, 0.3) is 0 Å². The molecule has 2 atom stereocenters. The maximum atomic E-state index is 9.08. The van der Waals surface area contributed by atoms with Crippen LogP contribution in [0.2, 0.25) is 0 Å². The Labute approximate surface area is 50.7 Å². The molecule has 0 aromatic rings. The summed E-state index contributed by atoms with van der Waals surface area (Å²) < 4.78 is 0. The van der Waals surface area contributed by atoms with Crippen molar-refractivity contribution in [1.82, 2.24) is 0 Å². The molecule has 1 nitrogen and oxygen atoms in total. The van der Waals surface area contributed by atoms with Gasteiger partial charge in [-0.2, -0.15) is 0 Å². The predicted octanol–water partition coefficient (Wildman–Crippen LogP) is 1.56. The minimum Gasteiger partial charge on any atom is -0.393 e. The van der Waals surface area contributed by atoms with Gasteiger partial charge >= 0.3 is 0 Å². The molecule has 1 rings (SSSR count). The molecule has 1 fully saturated rings. The summed E-state index contributed by atoms with van der Waals surface area (Å²) in [5.41, 5.74) is 0. The fraction of sp³-hybridized carbons (Fsp3) is 1.00. The quantitative estimate of drug-likeness (QED) is 0.506. The highest BCUT2D eigenvalue weighted by Gasteiger charge is 2.15. The molecule has 1 aliphatic rings. The van der Waals surface area contributed by atoms with Gasteiger partial charge < -0.3 is 5.11 Å². The van der Waals surface area contributed by atoms with E-state index < -0.39 is 0 Å². The minimum atomic E-state index is 0.0127. The van der Waals surface area contributed by atoms with E-state index in [9.17, 15) is 0 Å². The number of rotatable bonds is 0. The van der Waals surface area contributed by atoms with Gasteiger partial charge in [-0.3, -0.25) is 0 Å². The predicted molar refractivity (Wildman–Crippen MR) is 33.6 cm³/mol. The summed E-state index contributed by atoms with van der Waals surface area (Å²) in [6.07, 6.45) is 4.61. The smallest absolute Gasteiger partial charge is 0.0542 e. The minimum absolute atomic E-state index is 0.0127. The zero-order chi connectivity index (χ0) is 5.98. The van der Waals surface area contributed by atoms with E-state index in [4.69, 9.17) is 5.11 Å². The van der Waals surface area contributed by atoms with Gasteiger partial charge in [0.15, 0.2) is 0 Å². The monoisotopic (exact) mass is 114 g/mol. The van der Waals surface area contributed by atoms with Crippen LogP contribution in [0.25, 0.3) is 0 Å². The molecule has 0 heterocycles. The van der Waals surface area contributed by atoms with Gasteiger partial charge in [-0.05, 0) is 18.8 Å². The van der Waals surface area contributed by atoms with Gasteiger partial charge in [0, 0.05) is 0 Å². The van der Waals surface area contributed by atoms with Crippen LogP contribution in [-0.2, 0) is 0 Å². The van der Waals surface area contributed by atoms with Gasteiger partial charge in [-0.1, -0.05) is 19.8 Å². The van der Waals surface area contributed by atoms with Crippen LogP contribution in [0.15, 0.2) is 0 Å². The summed E-state index contributed by atoms with van der Waals surface area (Å²) in [6.45, 7) is 2.21. The zero-order valence-electron chi connectivity index (χ0n) is 5.43. The van der Waals surface area contributed by atoms with Gasteiger partial charge in [0.1, 0.15) is 0 Å². The molecule has 0 aromatic carbocycles. The van der Waals surface area contributed by atoms with Crippen molar-refractivity contribution >= 4 is 0 Å². The summed E-state index contributed by atoms with van der Waals surface area (Å²) in [4.78, 5) is 0. The lowest BCUT2D eigenvalue weighted by molar-refractivity contribution is 0.106. The second kappa shape index (κ2) is 2.49. The van der Waals surface area contributed by atoms with E-state index >= 15 is 0 Å². The van der Waals surface area contributed by atoms with E-state index in [1.165, 1.54) is 12.8 Å². The van der Waals surface area contributed by atoms with Gasteiger partial charge in [0.05, 0.1) is 6.10 Å². The second-order valence-corrected chi connectivity index (χ2v) is 2.93. The average molecular weight is 114 g/mol. The van der Waals surface area contributed by atoms with E-state index in [1.807, 2.05) is 0 Å². The molecular weight excluding hydrogens is 100 g/mol. The Bertz CT molecular complexity index is 62.8. The van der Waals surface area contributed by atoms with E-state index in [1.54, 1.807) is 0 Å². The fourth-order valence-electron chi connectivity index (χ4n) is 1.40. The van der Waals surface area contributed by atoms with Gasteiger partial charge in [-0.25, -0.2) is 0 Å². The van der Waals surface area contributed by atoms with Crippen molar-refractivity contribution in [3.8, 4) is 0 Å². The van der Waals surface area contributed by atoms with Crippen LogP contribution >= 0.6 is 0 Å². The molecule has 0 saturated heterocycles. The average Bonchev–Trinajstić information content (AvgIpc) is 1.64. The Kier molecular flexibility index (Phi) is 1.90. The number of aliphatic hydroxyl groups excluding tert-OH is 1. The van der Waals surface area contributed by atoms with Crippen LogP contribution in [0.4, 0.5) is 0 Å². The molecule has 1 heteroatoms. The Hall–Kier alpha value is -0.0400. The second-order valence-electron chi connectivity index (χ2n) is 2.93. The third kappa shape index (κ3) is 1.48. The molecule has 0 spiro atoms. The summed E-state index contributed by atoms with van der Waals surface area (Å²) in [7, 11) is 0. The van der Waals surface area contributed by atoms with Crippen LogP contribution in [0, 0.1) is 5.92 Å². The Morgan fingerprint density at radius 3 is 2.50 bits per heavy atom. The number of aliphatic hydroxyl groups is 1. The molecular formula is C7H14O. The Morgan fingerprint density at radius 1 is 1.38 bits per heavy atom. The van der Waals surface area contributed by atoms with Crippen molar-refractivity contribution < 1.29 is 5.11 Å². The first-order chi connectivity index (χ1) is 3.79. The van der Waals surface area contributed by atoms with Crippen molar-refractivity contribution in [2.24, 2.45) is 5.92 Å². The van der Waals surface area contributed by atoms with Crippen LogP contribution in [0.1, 0.15) is 32.6 Å². The van der Waals surface area contributed by atoms with E-state index in [0.717, 1.165) is 18.8 Å². The van der Waals surface area contributed by atoms with Crippen LogP contribution in [0.5, 0.6) is 0 Å². The Morgan fingerprint density at radius 2 is 2.12 bits per heavy atom. The van der Waals surface area contributed by atoms with Crippen molar-refractivity contribution in [2.45, 2.75) is 38.7 Å². The molecule has 0 aromatic heterocycles. The van der Waals surface area contributed by atoms with Crippen molar-refractivity contribution in [1.29, 1.82) is 0 Å². The molecule has 8 heavy (non-hydrogen) atoms. The van der Waals surface area contributed by atoms with Crippen molar-refractivity contribution in [2.75, 3.05) is 0 Å². The molecule has 1 unspecified atom stereocenters. The molecule has 0 radical (unpaired) electrons.